The van der Waals surface area contributed by atoms with Crippen LogP contribution >= 0.6 is 0 Å². The van der Waals surface area contributed by atoms with Crippen LogP contribution in [0.4, 0.5) is 0 Å². The Bertz CT molecular complexity index is 619. The van der Waals surface area contributed by atoms with E-state index >= 15 is 0 Å². The number of carbonyl (C=O) groups is 3. The van der Waals surface area contributed by atoms with Gasteiger partial charge >= 0.3 is 5.97 Å². The Balaban J connectivity index is 2.18. The van der Waals surface area contributed by atoms with E-state index in [1.54, 1.807) is 14.0 Å². The molecule has 0 N–H and O–H groups in total. The molecule has 3 rings (SSSR count). The molecule has 2 amide bonds. The molecule has 0 aliphatic carbocycles. The van der Waals surface area contributed by atoms with Crippen LogP contribution in [0.3, 0.4) is 0 Å². The number of nitrogens with zero attached hydrogens (tertiary/aromatic N) is 4. The molecule has 0 aromatic carbocycles. The van der Waals surface area contributed by atoms with Gasteiger partial charge in [-0.25, -0.2) is 4.79 Å². The molecule has 3 saturated heterocycles. The van der Waals surface area contributed by atoms with Gasteiger partial charge in [0.05, 0.1) is 25.0 Å². The molecule has 0 aromatic heterocycles. The molecule has 0 saturated carbocycles. The molecule has 3 fully saturated rings. The van der Waals surface area contributed by atoms with Gasteiger partial charge in [-0.3, -0.25) is 19.5 Å². The van der Waals surface area contributed by atoms with E-state index in [4.69, 9.17) is 4.74 Å². The maximum atomic E-state index is 12.6. The number of esters is 1. The third-order valence-electron chi connectivity index (χ3n) is 5.51. The average molecular weight is 322 g/mol. The van der Waals surface area contributed by atoms with Crippen LogP contribution in [0.15, 0.2) is 4.99 Å². The fourth-order valence-corrected chi connectivity index (χ4v) is 4.43. The van der Waals surface area contributed by atoms with E-state index in [0.717, 1.165) is 4.90 Å². The summed E-state index contributed by atoms with van der Waals surface area (Å²) >= 11 is 0. The van der Waals surface area contributed by atoms with Crippen LogP contribution < -0.4 is 0 Å². The van der Waals surface area contributed by atoms with Crippen molar-refractivity contribution in [3.8, 4) is 0 Å². The topological polar surface area (TPSA) is 82.5 Å². The van der Waals surface area contributed by atoms with Crippen LogP contribution in [-0.4, -0.2) is 84.3 Å². The summed E-state index contributed by atoms with van der Waals surface area (Å²) < 4.78 is 5.00. The van der Waals surface area contributed by atoms with Crippen molar-refractivity contribution in [1.82, 2.24) is 14.7 Å². The zero-order chi connectivity index (χ0) is 17.1. The second-order valence-electron chi connectivity index (χ2n) is 6.38. The van der Waals surface area contributed by atoms with Crippen LogP contribution in [0.25, 0.3) is 0 Å². The Labute approximate surface area is 135 Å². The second kappa shape index (κ2) is 4.94. The van der Waals surface area contributed by atoms with Crippen molar-refractivity contribution in [3.05, 3.63) is 0 Å². The van der Waals surface area contributed by atoms with Crippen molar-refractivity contribution >= 4 is 23.7 Å². The lowest BCUT2D eigenvalue weighted by atomic mass is 9.81. The van der Waals surface area contributed by atoms with E-state index in [0.29, 0.717) is 19.0 Å². The van der Waals surface area contributed by atoms with E-state index in [-0.39, 0.29) is 17.9 Å². The molecule has 8 heteroatoms. The van der Waals surface area contributed by atoms with Crippen LogP contribution in [-0.2, 0) is 19.1 Å². The first-order valence-corrected chi connectivity index (χ1v) is 7.75. The summed E-state index contributed by atoms with van der Waals surface area (Å²) in [5.41, 5.74) is -1.22. The number of hydrogen-bond acceptors (Lipinski definition) is 5. The lowest BCUT2D eigenvalue weighted by Gasteiger charge is -2.37. The number of likely N-dealkylation sites (N-methyl/N-ethyl adjacent to an activating group) is 1. The van der Waals surface area contributed by atoms with Gasteiger partial charge in [0, 0.05) is 27.2 Å². The summed E-state index contributed by atoms with van der Waals surface area (Å²) in [7, 11) is 4.44. The number of rotatable bonds is 2. The van der Waals surface area contributed by atoms with Gasteiger partial charge in [-0.15, -0.1) is 0 Å². The van der Waals surface area contributed by atoms with E-state index < -0.39 is 23.3 Å². The molecular formula is C15H22N4O4. The molecule has 23 heavy (non-hydrogen) atoms. The van der Waals surface area contributed by atoms with Crippen LogP contribution in [0.2, 0.25) is 0 Å². The minimum Gasteiger partial charge on any atom is -0.467 e. The van der Waals surface area contributed by atoms with E-state index in [1.165, 1.54) is 14.2 Å². The molecule has 3 aliphatic rings. The molecular weight excluding hydrogens is 300 g/mol. The first kappa shape index (κ1) is 15.8. The van der Waals surface area contributed by atoms with Crippen molar-refractivity contribution in [2.75, 3.05) is 34.3 Å². The summed E-state index contributed by atoms with van der Waals surface area (Å²) in [6.45, 7) is 4.97. The van der Waals surface area contributed by atoms with Crippen LogP contribution in [0.5, 0.6) is 0 Å². The zero-order valence-electron chi connectivity index (χ0n) is 14.1. The number of hydrogen-bond donors (Lipinski definition) is 0. The Morgan fingerprint density at radius 1 is 1.39 bits per heavy atom. The summed E-state index contributed by atoms with van der Waals surface area (Å²) in [4.78, 5) is 47.2. The number of ether oxygens (including phenoxy) is 1. The highest BCUT2D eigenvalue weighted by Gasteiger charge is 2.72. The summed E-state index contributed by atoms with van der Waals surface area (Å²) in [5.74, 6) is -1.68. The number of imide groups is 1. The molecule has 0 aromatic rings. The number of fused-ring (bicyclic) bond motifs is 3. The smallest absolute Gasteiger partial charge is 0.332 e. The minimum absolute atomic E-state index is 0.226. The third kappa shape index (κ3) is 1.66. The quantitative estimate of drug-likeness (QED) is 0.487. The Kier molecular flexibility index (Phi) is 3.38. The highest BCUT2D eigenvalue weighted by atomic mass is 16.5. The Hall–Kier alpha value is -2.12. The normalized spacial score (nSPS) is 37.7. The summed E-state index contributed by atoms with van der Waals surface area (Å²) in [5, 5.41) is 0. The molecule has 0 bridgehead atoms. The molecule has 0 radical (unpaired) electrons. The fourth-order valence-electron chi connectivity index (χ4n) is 4.43. The summed E-state index contributed by atoms with van der Waals surface area (Å²) in [6, 6.07) is -0.246. The molecule has 126 valence electrons. The SMILES string of the molecule is CCN1C[C@@H]2[C@@H]3C(=O)N(C)C(=O)[C@@H]3[C@](C)(C(=O)OC)N2C1=NC. The van der Waals surface area contributed by atoms with Crippen molar-refractivity contribution in [3.63, 3.8) is 0 Å². The van der Waals surface area contributed by atoms with Crippen LogP contribution in [0, 0.1) is 11.8 Å². The first-order valence-electron chi connectivity index (χ1n) is 7.75. The van der Waals surface area contributed by atoms with Gasteiger partial charge in [-0.1, -0.05) is 0 Å². The number of amides is 2. The average Bonchev–Trinajstić information content (AvgIpc) is 3.12. The number of guanidine groups is 1. The number of carbonyl (C=O) groups excluding carboxylic acids is 3. The fraction of sp³-hybridized carbons (Fsp3) is 0.733. The van der Waals surface area contributed by atoms with Crippen LogP contribution in [0.1, 0.15) is 13.8 Å². The molecule has 0 spiro atoms. The standard InChI is InChI=1S/C15H22N4O4/c1-6-18-7-8-9-10(12(21)17(4)11(9)20)15(2,13(22)23-5)19(8)14(18)16-3/h8-10H,6-7H2,1-5H3/t8-,9+,10-,15-/m1/s1. The number of likely N-dealkylation sites (tertiary alicyclic amines) is 1. The van der Waals surface area contributed by atoms with Gasteiger partial charge in [0.2, 0.25) is 11.8 Å². The van der Waals surface area contributed by atoms with Gasteiger partial charge in [0.25, 0.3) is 0 Å². The maximum absolute atomic E-state index is 12.6. The lowest BCUT2D eigenvalue weighted by molar-refractivity contribution is -0.156. The monoisotopic (exact) mass is 322 g/mol. The van der Waals surface area contributed by atoms with E-state index in [2.05, 4.69) is 4.99 Å². The predicted molar refractivity (Wildman–Crippen MR) is 81.4 cm³/mol. The number of methoxy groups -OCH3 is 1. The predicted octanol–water partition coefficient (Wildman–Crippen LogP) is -0.845. The third-order valence-corrected chi connectivity index (χ3v) is 5.51. The number of aliphatic imine (C=N–C) groups is 1. The van der Waals surface area contributed by atoms with Gasteiger partial charge in [0.1, 0.15) is 0 Å². The highest BCUT2D eigenvalue weighted by molar-refractivity contribution is 6.11. The zero-order valence-corrected chi connectivity index (χ0v) is 14.1. The lowest BCUT2D eigenvalue weighted by Crippen LogP contribution is -2.58. The van der Waals surface area contributed by atoms with Crippen molar-refractivity contribution in [1.29, 1.82) is 0 Å². The van der Waals surface area contributed by atoms with E-state index in [9.17, 15) is 14.4 Å². The van der Waals surface area contributed by atoms with Crippen molar-refractivity contribution < 1.29 is 19.1 Å². The molecule has 3 heterocycles. The first-order chi connectivity index (χ1) is 10.8. The van der Waals surface area contributed by atoms with Gasteiger partial charge in [-0.2, -0.15) is 0 Å². The minimum atomic E-state index is -1.22. The van der Waals surface area contributed by atoms with Crippen molar-refractivity contribution in [2.24, 2.45) is 16.8 Å². The maximum Gasteiger partial charge on any atom is 0.332 e. The summed E-state index contributed by atoms with van der Waals surface area (Å²) in [6.07, 6.45) is 0. The highest BCUT2D eigenvalue weighted by Crippen LogP contribution is 2.51. The molecule has 4 atom stereocenters. The Morgan fingerprint density at radius 2 is 2.04 bits per heavy atom. The molecule has 8 nitrogen and oxygen atoms in total. The van der Waals surface area contributed by atoms with Crippen molar-refractivity contribution in [2.45, 2.75) is 25.4 Å². The van der Waals surface area contributed by atoms with Gasteiger partial charge in [0.15, 0.2) is 11.5 Å². The second-order valence-corrected chi connectivity index (χ2v) is 6.38. The molecule has 3 aliphatic heterocycles. The van der Waals surface area contributed by atoms with E-state index in [1.807, 2.05) is 16.7 Å². The van der Waals surface area contributed by atoms with Gasteiger partial charge < -0.3 is 14.5 Å². The van der Waals surface area contributed by atoms with Gasteiger partial charge in [-0.05, 0) is 13.8 Å². The largest absolute Gasteiger partial charge is 0.467 e. The Morgan fingerprint density at radius 3 is 2.57 bits per heavy atom. The molecule has 0 unspecified atom stereocenters.